The lowest BCUT2D eigenvalue weighted by molar-refractivity contribution is 0.0929. The zero-order chi connectivity index (χ0) is 15.5. The van der Waals surface area contributed by atoms with Crippen LogP contribution in [0.2, 0.25) is 5.02 Å². The fourth-order valence-electron chi connectivity index (χ4n) is 2.94. The van der Waals surface area contributed by atoms with E-state index in [1.54, 1.807) is 29.2 Å². The maximum Gasteiger partial charge on any atom is 0.254 e. The summed E-state index contributed by atoms with van der Waals surface area (Å²) in [5.41, 5.74) is 7.17. The van der Waals surface area contributed by atoms with Crippen LogP contribution in [0.15, 0.2) is 36.7 Å². The second-order valence-corrected chi connectivity index (χ2v) is 6.09. The first kappa shape index (κ1) is 15.1. The van der Waals surface area contributed by atoms with E-state index in [0.29, 0.717) is 23.0 Å². The van der Waals surface area contributed by atoms with Gasteiger partial charge in [0.2, 0.25) is 0 Å². The molecule has 3 N–H and O–H groups in total. The first-order chi connectivity index (χ1) is 10.7. The number of hydrogen-bond acceptors (Lipinski definition) is 3. The summed E-state index contributed by atoms with van der Waals surface area (Å²) in [5, 5.41) is 7.99. The van der Waals surface area contributed by atoms with Crippen molar-refractivity contribution in [3.05, 3.63) is 47.2 Å². The molecular formula is C16H19ClN4O. The molecule has 3 rings (SSSR count). The lowest BCUT2D eigenvalue weighted by Gasteiger charge is -2.18. The third-order valence-electron chi connectivity index (χ3n) is 4.21. The van der Waals surface area contributed by atoms with Gasteiger partial charge in [0, 0.05) is 17.3 Å². The molecule has 2 aromatic rings. The first-order valence-corrected chi connectivity index (χ1v) is 7.86. The van der Waals surface area contributed by atoms with Gasteiger partial charge in [0.15, 0.2) is 0 Å². The number of halogens is 1. The van der Waals surface area contributed by atoms with Crippen LogP contribution in [0.5, 0.6) is 0 Å². The van der Waals surface area contributed by atoms with Gasteiger partial charge in [-0.05, 0) is 49.6 Å². The van der Waals surface area contributed by atoms with E-state index in [9.17, 15) is 4.79 Å². The highest BCUT2D eigenvalue weighted by atomic mass is 35.5. The Hall–Kier alpha value is -1.85. The molecule has 1 amide bonds. The number of rotatable bonds is 4. The Bertz CT molecular complexity index is 652. The average Bonchev–Trinajstić information content (AvgIpc) is 3.16. The molecule has 1 aromatic carbocycles. The van der Waals surface area contributed by atoms with E-state index in [1.807, 2.05) is 12.1 Å². The number of amides is 1. The Balaban J connectivity index is 1.70. The van der Waals surface area contributed by atoms with Crippen molar-refractivity contribution in [2.45, 2.75) is 25.3 Å². The Morgan fingerprint density at radius 3 is 2.86 bits per heavy atom. The second kappa shape index (κ2) is 6.50. The Morgan fingerprint density at radius 1 is 1.36 bits per heavy atom. The van der Waals surface area contributed by atoms with Crippen LogP contribution < -0.4 is 11.1 Å². The fourth-order valence-corrected chi connectivity index (χ4v) is 3.06. The Kier molecular flexibility index (Phi) is 4.45. The highest BCUT2D eigenvalue weighted by Gasteiger charge is 2.27. The molecule has 0 spiro atoms. The van der Waals surface area contributed by atoms with Crippen LogP contribution in [0.4, 0.5) is 0 Å². The van der Waals surface area contributed by atoms with Crippen molar-refractivity contribution >= 4 is 17.5 Å². The highest BCUT2D eigenvalue weighted by Crippen LogP contribution is 2.25. The molecule has 1 aromatic heterocycles. The lowest BCUT2D eigenvalue weighted by Crippen LogP contribution is -2.39. The maximum absolute atomic E-state index is 12.3. The molecule has 5 nitrogen and oxygen atoms in total. The molecule has 1 aliphatic rings. The normalized spacial score (nSPS) is 21.0. The number of nitrogens with zero attached hydrogens (tertiary/aromatic N) is 2. The molecule has 0 saturated heterocycles. The standard InChI is InChI=1S/C16H19ClN4O/c17-13-4-6-14(7-5-13)21-10-12(9-19-21)16(22)20-15-3-1-2-11(15)8-18/h4-7,9-11,15H,1-3,8,18H2,(H,20,22). The van der Waals surface area contributed by atoms with E-state index in [2.05, 4.69) is 10.4 Å². The maximum atomic E-state index is 12.3. The quantitative estimate of drug-likeness (QED) is 0.909. The number of carbonyl (C=O) groups is 1. The van der Waals surface area contributed by atoms with Crippen molar-refractivity contribution in [2.75, 3.05) is 6.54 Å². The summed E-state index contributed by atoms with van der Waals surface area (Å²) in [4.78, 5) is 12.3. The van der Waals surface area contributed by atoms with Gasteiger partial charge in [0.05, 0.1) is 17.4 Å². The third kappa shape index (κ3) is 3.15. The Morgan fingerprint density at radius 2 is 2.14 bits per heavy atom. The molecule has 22 heavy (non-hydrogen) atoms. The number of carbonyl (C=O) groups excluding carboxylic acids is 1. The van der Waals surface area contributed by atoms with Gasteiger partial charge in [-0.25, -0.2) is 4.68 Å². The number of nitrogens with two attached hydrogens (primary N) is 1. The number of aromatic nitrogens is 2. The van der Waals surface area contributed by atoms with Gasteiger partial charge in [-0.3, -0.25) is 4.79 Å². The summed E-state index contributed by atoms with van der Waals surface area (Å²) < 4.78 is 1.67. The van der Waals surface area contributed by atoms with E-state index >= 15 is 0 Å². The Labute approximate surface area is 134 Å². The largest absolute Gasteiger partial charge is 0.349 e. The predicted molar refractivity (Wildman–Crippen MR) is 86.2 cm³/mol. The molecule has 1 saturated carbocycles. The van der Waals surface area contributed by atoms with Crippen molar-refractivity contribution in [1.29, 1.82) is 0 Å². The van der Waals surface area contributed by atoms with Gasteiger partial charge in [-0.1, -0.05) is 18.0 Å². The molecule has 2 atom stereocenters. The van der Waals surface area contributed by atoms with E-state index in [0.717, 1.165) is 24.9 Å². The number of benzene rings is 1. The van der Waals surface area contributed by atoms with Crippen molar-refractivity contribution in [3.8, 4) is 5.69 Å². The summed E-state index contributed by atoms with van der Waals surface area (Å²) in [6.45, 7) is 0.620. The van der Waals surface area contributed by atoms with E-state index in [4.69, 9.17) is 17.3 Å². The van der Waals surface area contributed by atoms with Gasteiger partial charge in [0.25, 0.3) is 5.91 Å². The third-order valence-corrected chi connectivity index (χ3v) is 4.47. The molecule has 1 aliphatic carbocycles. The van der Waals surface area contributed by atoms with Gasteiger partial charge >= 0.3 is 0 Å². The van der Waals surface area contributed by atoms with Crippen LogP contribution in [0, 0.1) is 5.92 Å². The summed E-state index contributed by atoms with van der Waals surface area (Å²) in [6.07, 6.45) is 6.52. The molecule has 116 valence electrons. The predicted octanol–water partition coefficient (Wildman–Crippen LogP) is 2.38. The van der Waals surface area contributed by atoms with Crippen LogP contribution in [0.3, 0.4) is 0 Å². The van der Waals surface area contributed by atoms with E-state index < -0.39 is 0 Å². The lowest BCUT2D eigenvalue weighted by atomic mass is 10.0. The van der Waals surface area contributed by atoms with E-state index in [1.165, 1.54) is 0 Å². The molecule has 2 unspecified atom stereocenters. The second-order valence-electron chi connectivity index (χ2n) is 5.66. The molecular weight excluding hydrogens is 300 g/mol. The topological polar surface area (TPSA) is 72.9 Å². The minimum atomic E-state index is -0.0921. The highest BCUT2D eigenvalue weighted by molar-refractivity contribution is 6.30. The summed E-state index contributed by atoms with van der Waals surface area (Å²) in [6, 6.07) is 7.48. The van der Waals surface area contributed by atoms with Crippen molar-refractivity contribution in [2.24, 2.45) is 11.7 Å². The zero-order valence-electron chi connectivity index (χ0n) is 12.2. The van der Waals surface area contributed by atoms with E-state index in [-0.39, 0.29) is 11.9 Å². The first-order valence-electron chi connectivity index (χ1n) is 7.49. The van der Waals surface area contributed by atoms with Gasteiger partial charge in [-0.2, -0.15) is 5.10 Å². The van der Waals surface area contributed by atoms with Crippen LogP contribution in [0.1, 0.15) is 29.6 Å². The van der Waals surface area contributed by atoms with Crippen LogP contribution in [0.25, 0.3) is 5.69 Å². The number of nitrogens with one attached hydrogen (secondary N) is 1. The molecule has 1 heterocycles. The zero-order valence-corrected chi connectivity index (χ0v) is 13.0. The number of hydrogen-bond donors (Lipinski definition) is 2. The minimum Gasteiger partial charge on any atom is -0.349 e. The molecule has 1 fully saturated rings. The summed E-state index contributed by atoms with van der Waals surface area (Å²) >= 11 is 5.87. The van der Waals surface area contributed by atoms with Crippen LogP contribution in [-0.4, -0.2) is 28.3 Å². The van der Waals surface area contributed by atoms with Gasteiger partial charge < -0.3 is 11.1 Å². The van der Waals surface area contributed by atoms with Crippen molar-refractivity contribution in [1.82, 2.24) is 15.1 Å². The van der Waals surface area contributed by atoms with Crippen LogP contribution in [-0.2, 0) is 0 Å². The van der Waals surface area contributed by atoms with Crippen molar-refractivity contribution < 1.29 is 4.79 Å². The van der Waals surface area contributed by atoms with Gasteiger partial charge in [0.1, 0.15) is 0 Å². The fraction of sp³-hybridized carbons (Fsp3) is 0.375. The summed E-state index contributed by atoms with van der Waals surface area (Å²) in [5.74, 6) is 0.292. The minimum absolute atomic E-state index is 0.0921. The smallest absolute Gasteiger partial charge is 0.254 e. The molecule has 0 aliphatic heterocycles. The molecule has 0 bridgehead atoms. The molecule has 0 radical (unpaired) electrons. The van der Waals surface area contributed by atoms with Crippen LogP contribution >= 0.6 is 11.6 Å². The van der Waals surface area contributed by atoms with Crippen molar-refractivity contribution in [3.63, 3.8) is 0 Å². The average molecular weight is 319 g/mol. The van der Waals surface area contributed by atoms with Gasteiger partial charge in [-0.15, -0.1) is 0 Å². The SMILES string of the molecule is NCC1CCCC1NC(=O)c1cnn(-c2ccc(Cl)cc2)c1. The monoisotopic (exact) mass is 318 g/mol. The summed E-state index contributed by atoms with van der Waals surface area (Å²) in [7, 11) is 0. The molecule has 6 heteroatoms.